The number of carbonyl (C=O) groups excluding carboxylic acids is 1. The smallest absolute Gasteiger partial charge is 0.326 e. The Labute approximate surface area is 86.3 Å². The lowest BCUT2D eigenvalue weighted by Crippen LogP contribution is -2.40. The van der Waals surface area contributed by atoms with Gasteiger partial charge in [0.2, 0.25) is 0 Å². The fourth-order valence-corrected chi connectivity index (χ4v) is 3.30. The SMILES string of the molecule is CCOP1(=O)NC(=O)Nc2ncn(C)c21. The van der Waals surface area contributed by atoms with Gasteiger partial charge >= 0.3 is 13.6 Å². The van der Waals surface area contributed by atoms with Gasteiger partial charge in [0.05, 0.1) is 12.9 Å². The van der Waals surface area contributed by atoms with Crippen LogP contribution in [0.1, 0.15) is 6.92 Å². The Hall–Kier alpha value is -1.33. The number of imidazole rings is 1. The van der Waals surface area contributed by atoms with Crippen molar-refractivity contribution in [1.29, 1.82) is 0 Å². The molecule has 1 unspecified atom stereocenters. The van der Waals surface area contributed by atoms with Gasteiger partial charge in [-0.2, -0.15) is 0 Å². The highest BCUT2D eigenvalue weighted by atomic mass is 31.2. The van der Waals surface area contributed by atoms with E-state index < -0.39 is 13.6 Å². The Balaban J connectivity index is 2.54. The van der Waals surface area contributed by atoms with Gasteiger partial charge in [0, 0.05) is 7.05 Å². The van der Waals surface area contributed by atoms with E-state index in [-0.39, 0.29) is 12.4 Å². The van der Waals surface area contributed by atoms with Crippen LogP contribution < -0.4 is 15.8 Å². The first-order valence-corrected chi connectivity index (χ1v) is 6.05. The number of hydrogen-bond donors (Lipinski definition) is 2. The maximum absolute atomic E-state index is 12.3. The molecule has 1 aromatic heterocycles. The summed E-state index contributed by atoms with van der Waals surface area (Å²) in [5.74, 6) is 0.290. The zero-order valence-corrected chi connectivity index (χ0v) is 9.25. The molecular formula is C7H11N4O3P. The summed E-state index contributed by atoms with van der Waals surface area (Å²) in [6, 6.07) is -0.557. The maximum atomic E-state index is 12.3. The second-order valence-electron chi connectivity index (χ2n) is 3.06. The minimum atomic E-state index is -3.31. The molecule has 0 bridgehead atoms. The number of urea groups is 1. The normalized spacial score (nSPS) is 24.3. The number of nitrogens with zero attached hydrogens (tertiary/aromatic N) is 2. The van der Waals surface area contributed by atoms with Crippen LogP contribution in [-0.4, -0.2) is 22.2 Å². The van der Waals surface area contributed by atoms with Gasteiger partial charge in [0.15, 0.2) is 11.3 Å². The summed E-state index contributed by atoms with van der Waals surface area (Å²) in [5, 5.41) is 4.76. The van der Waals surface area contributed by atoms with Gasteiger partial charge in [-0.3, -0.25) is 15.0 Å². The highest BCUT2D eigenvalue weighted by molar-refractivity contribution is 7.66. The number of fused-ring (bicyclic) bond motifs is 1. The van der Waals surface area contributed by atoms with E-state index in [9.17, 15) is 9.36 Å². The van der Waals surface area contributed by atoms with E-state index >= 15 is 0 Å². The quantitative estimate of drug-likeness (QED) is 0.720. The van der Waals surface area contributed by atoms with E-state index in [1.807, 2.05) is 0 Å². The van der Waals surface area contributed by atoms with Crippen LogP contribution in [0, 0.1) is 0 Å². The van der Waals surface area contributed by atoms with Crippen molar-refractivity contribution >= 4 is 24.8 Å². The molecule has 2 N–H and O–H groups in total. The Morgan fingerprint density at radius 2 is 2.40 bits per heavy atom. The largest absolute Gasteiger partial charge is 0.347 e. The van der Waals surface area contributed by atoms with Crippen LogP contribution in [-0.2, 0) is 16.1 Å². The highest BCUT2D eigenvalue weighted by Crippen LogP contribution is 2.44. The number of carbonyl (C=O) groups is 1. The number of aryl methyl sites for hydroxylation is 1. The predicted molar refractivity (Wildman–Crippen MR) is 54.2 cm³/mol. The van der Waals surface area contributed by atoms with Gasteiger partial charge in [0.1, 0.15) is 0 Å². The lowest BCUT2D eigenvalue weighted by atomic mass is 10.7. The molecule has 15 heavy (non-hydrogen) atoms. The first kappa shape index (κ1) is 10.2. The summed E-state index contributed by atoms with van der Waals surface area (Å²) >= 11 is 0. The van der Waals surface area contributed by atoms with E-state index in [2.05, 4.69) is 15.4 Å². The second kappa shape index (κ2) is 3.36. The van der Waals surface area contributed by atoms with Gasteiger partial charge in [-0.1, -0.05) is 0 Å². The molecule has 82 valence electrons. The Bertz CT molecular complexity index is 455. The first-order chi connectivity index (χ1) is 7.07. The van der Waals surface area contributed by atoms with Crippen molar-refractivity contribution in [2.24, 2.45) is 7.05 Å². The summed E-state index contributed by atoms with van der Waals surface area (Å²) in [6.45, 7) is 1.96. The van der Waals surface area contributed by atoms with E-state index in [0.29, 0.717) is 5.44 Å². The van der Waals surface area contributed by atoms with Crippen molar-refractivity contribution in [2.75, 3.05) is 11.9 Å². The van der Waals surface area contributed by atoms with E-state index in [1.54, 1.807) is 18.5 Å². The maximum Gasteiger partial charge on any atom is 0.347 e. The number of nitrogens with one attached hydrogen (secondary N) is 2. The van der Waals surface area contributed by atoms with Crippen LogP contribution in [0.2, 0.25) is 0 Å². The van der Waals surface area contributed by atoms with E-state index in [4.69, 9.17) is 4.52 Å². The summed E-state index contributed by atoms with van der Waals surface area (Å²) in [4.78, 5) is 15.1. The van der Waals surface area contributed by atoms with Crippen molar-refractivity contribution in [3.8, 4) is 0 Å². The molecule has 1 atom stereocenters. The third-order valence-electron chi connectivity index (χ3n) is 1.98. The van der Waals surface area contributed by atoms with Gasteiger partial charge in [-0.25, -0.2) is 9.78 Å². The molecule has 0 spiro atoms. The monoisotopic (exact) mass is 230 g/mol. The van der Waals surface area contributed by atoms with Crippen LogP contribution >= 0.6 is 7.52 Å². The van der Waals surface area contributed by atoms with Gasteiger partial charge in [-0.15, -0.1) is 0 Å². The summed E-state index contributed by atoms with van der Waals surface area (Å²) in [7, 11) is -1.62. The third kappa shape index (κ3) is 1.53. The molecule has 0 saturated heterocycles. The molecule has 0 fully saturated rings. The Morgan fingerprint density at radius 1 is 1.67 bits per heavy atom. The topological polar surface area (TPSA) is 85.2 Å². The number of hydrogen-bond acceptors (Lipinski definition) is 4. The van der Waals surface area contributed by atoms with Crippen LogP contribution in [0.15, 0.2) is 6.33 Å². The molecule has 0 aromatic carbocycles. The van der Waals surface area contributed by atoms with Crippen molar-refractivity contribution < 1.29 is 13.9 Å². The predicted octanol–water partition coefficient (Wildman–Crippen LogP) is 0.410. The van der Waals surface area contributed by atoms with E-state index in [0.717, 1.165) is 0 Å². The zero-order chi connectivity index (χ0) is 11.1. The molecule has 8 heteroatoms. The lowest BCUT2D eigenvalue weighted by Gasteiger charge is -2.24. The standard InChI is InChI=1S/C7H11N4O3P/c1-3-14-15(13)6-5(8-4-11(6)2)9-7(12)10-15/h4H,3H2,1-2H3,(H2,9,10,12,13). The summed E-state index contributed by atoms with van der Waals surface area (Å²) in [6.07, 6.45) is 1.48. The van der Waals surface area contributed by atoms with Gasteiger partial charge in [-0.05, 0) is 6.92 Å². The molecule has 7 nitrogen and oxygen atoms in total. The van der Waals surface area contributed by atoms with Gasteiger partial charge < -0.3 is 9.09 Å². The molecule has 0 saturated carbocycles. The van der Waals surface area contributed by atoms with Crippen LogP contribution in [0.3, 0.4) is 0 Å². The summed E-state index contributed by atoms with van der Waals surface area (Å²) in [5.41, 5.74) is 0.379. The summed E-state index contributed by atoms with van der Waals surface area (Å²) < 4.78 is 19.0. The molecule has 2 heterocycles. The lowest BCUT2D eigenvalue weighted by molar-refractivity contribution is 0.253. The van der Waals surface area contributed by atoms with Crippen molar-refractivity contribution in [1.82, 2.24) is 14.6 Å². The minimum Gasteiger partial charge on any atom is -0.326 e. The second-order valence-corrected chi connectivity index (χ2v) is 5.07. The fourth-order valence-electron chi connectivity index (χ4n) is 1.46. The highest BCUT2D eigenvalue weighted by Gasteiger charge is 2.39. The number of anilines is 1. The van der Waals surface area contributed by atoms with E-state index in [1.165, 1.54) is 6.33 Å². The molecular weight excluding hydrogens is 219 g/mol. The van der Waals surface area contributed by atoms with Crippen LogP contribution in [0.25, 0.3) is 0 Å². The average Bonchev–Trinajstić information content (AvgIpc) is 2.47. The van der Waals surface area contributed by atoms with Crippen LogP contribution in [0.4, 0.5) is 10.6 Å². The Morgan fingerprint density at radius 3 is 3.07 bits per heavy atom. The minimum absolute atomic E-state index is 0.252. The van der Waals surface area contributed by atoms with Crippen molar-refractivity contribution in [3.05, 3.63) is 6.33 Å². The molecule has 2 rings (SSSR count). The molecule has 0 radical (unpaired) electrons. The number of amides is 2. The number of aromatic nitrogens is 2. The Kier molecular flexibility index (Phi) is 2.28. The molecule has 1 aliphatic heterocycles. The van der Waals surface area contributed by atoms with Crippen LogP contribution in [0.5, 0.6) is 0 Å². The molecule has 1 aromatic rings. The third-order valence-corrected chi connectivity index (χ3v) is 4.18. The van der Waals surface area contributed by atoms with Crippen molar-refractivity contribution in [3.63, 3.8) is 0 Å². The molecule has 1 aliphatic rings. The van der Waals surface area contributed by atoms with Gasteiger partial charge in [0.25, 0.3) is 0 Å². The average molecular weight is 230 g/mol. The first-order valence-electron chi connectivity index (χ1n) is 4.42. The molecule has 2 amide bonds. The number of rotatable bonds is 2. The molecule has 0 aliphatic carbocycles. The fraction of sp³-hybridized carbons (Fsp3) is 0.429. The van der Waals surface area contributed by atoms with Crippen molar-refractivity contribution in [2.45, 2.75) is 6.92 Å². The zero-order valence-electron chi connectivity index (χ0n) is 8.35.